The Hall–Kier alpha value is -1.75. The minimum absolute atomic E-state index is 0.0356. The second-order valence-corrected chi connectivity index (χ2v) is 4.24. The van der Waals surface area contributed by atoms with E-state index in [9.17, 15) is 9.18 Å². The molecule has 1 heterocycles. The fourth-order valence-corrected chi connectivity index (χ4v) is 2.04. The van der Waals surface area contributed by atoms with Gasteiger partial charge in [0.1, 0.15) is 5.82 Å². The minimum Gasteiger partial charge on any atom is -0.478 e. The Kier molecular flexibility index (Phi) is 2.96. The van der Waals surface area contributed by atoms with Crippen LogP contribution in [0.1, 0.15) is 20.9 Å². The van der Waals surface area contributed by atoms with E-state index >= 15 is 0 Å². The van der Waals surface area contributed by atoms with Crippen molar-refractivity contribution in [3.63, 3.8) is 0 Å². The van der Waals surface area contributed by atoms with Gasteiger partial charge in [0.2, 0.25) is 0 Å². The van der Waals surface area contributed by atoms with Crippen LogP contribution in [0.2, 0.25) is 0 Å². The van der Waals surface area contributed by atoms with Crippen molar-refractivity contribution in [3.8, 4) is 0 Å². The van der Waals surface area contributed by atoms with E-state index in [2.05, 4.69) is 4.98 Å². The van der Waals surface area contributed by atoms with Crippen LogP contribution < -0.4 is 0 Å². The van der Waals surface area contributed by atoms with Gasteiger partial charge in [-0.05, 0) is 23.8 Å². The zero-order chi connectivity index (χ0) is 11.5. The molecule has 0 radical (unpaired) electrons. The summed E-state index contributed by atoms with van der Waals surface area (Å²) in [6, 6.07) is 3.80. The fraction of sp³-hybridized carbons (Fsp3) is 0.0909. The summed E-state index contributed by atoms with van der Waals surface area (Å²) in [5.74, 6) is -1.66. The standard InChI is InChI=1S/C11H8FNO2S/c12-9-4-7(3-8(6-9)11(14)15)5-10-13-1-2-16-10/h1-4,6H,5H2,(H,14,15). The Morgan fingerprint density at radius 2 is 2.25 bits per heavy atom. The lowest BCUT2D eigenvalue weighted by atomic mass is 10.1. The van der Waals surface area contributed by atoms with E-state index in [0.29, 0.717) is 12.0 Å². The number of aromatic carboxylic acids is 1. The first kappa shape index (κ1) is 10.8. The van der Waals surface area contributed by atoms with Crippen molar-refractivity contribution < 1.29 is 14.3 Å². The number of carboxylic acid groups (broad SMARTS) is 1. The maximum absolute atomic E-state index is 13.1. The zero-order valence-corrected chi connectivity index (χ0v) is 9.00. The third-order valence-electron chi connectivity index (χ3n) is 2.04. The second kappa shape index (κ2) is 4.40. The monoisotopic (exact) mass is 237 g/mol. The molecule has 2 rings (SSSR count). The predicted octanol–water partition coefficient (Wildman–Crippen LogP) is 2.57. The van der Waals surface area contributed by atoms with Gasteiger partial charge in [-0.2, -0.15) is 0 Å². The van der Waals surface area contributed by atoms with E-state index in [1.807, 2.05) is 5.38 Å². The summed E-state index contributed by atoms with van der Waals surface area (Å²) in [5, 5.41) is 11.4. The summed E-state index contributed by atoms with van der Waals surface area (Å²) in [6.07, 6.45) is 2.12. The van der Waals surface area contributed by atoms with E-state index in [-0.39, 0.29) is 5.56 Å². The molecule has 2 aromatic rings. The molecule has 0 spiro atoms. The van der Waals surface area contributed by atoms with E-state index < -0.39 is 11.8 Å². The van der Waals surface area contributed by atoms with Gasteiger partial charge in [-0.15, -0.1) is 11.3 Å². The lowest BCUT2D eigenvalue weighted by molar-refractivity contribution is 0.0696. The number of aromatic nitrogens is 1. The number of hydrogen-bond acceptors (Lipinski definition) is 3. The highest BCUT2D eigenvalue weighted by atomic mass is 32.1. The van der Waals surface area contributed by atoms with Crippen LogP contribution in [0.3, 0.4) is 0 Å². The molecule has 16 heavy (non-hydrogen) atoms. The van der Waals surface area contributed by atoms with Crippen molar-refractivity contribution in [1.29, 1.82) is 0 Å². The predicted molar refractivity (Wildman–Crippen MR) is 58.3 cm³/mol. The topological polar surface area (TPSA) is 50.2 Å². The van der Waals surface area contributed by atoms with Gasteiger partial charge >= 0.3 is 5.97 Å². The van der Waals surface area contributed by atoms with Gasteiger partial charge in [-0.25, -0.2) is 14.2 Å². The summed E-state index contributed by atoms with van der Waals surface area (Å²) in [7, 11) is 0. The summed E-state index contributed by atoms with van der Waals surface area (Å²) in [5.41, 5.74) is 0.582. The molecule has 5 heteroatoms. The highest BCUT2D eigenvalue weighted by molar-refractivity contribution is 7.09. The molecule has 1 N–H and O–H groups in total. The van der Waals surface area contributed by atoms with Crippen LogP contribution in [0.15, 0.2) is 29.8 Å². The zero-order valence-electron chi connectivity index (χ0n) is 8.18. The number of rotatable bonds is 3. The van der Waals surface area contributed by atoms with Crippen molar-refractivity contribution in [2.75, 3.05) is 0 Å². The molecular formula is C11H8FNO2S. The molecule has 0 saturated heterocycles. The Morgan fingerprint density at radius 1 is 1.44 bits per heavy atom. The number of hydrogen-bond donors (Lipinski definition) is 1. The van der Waals surface area contributed by atoms with E-state index in [1.165, 1.54) is 23.5 Å². The Bertz CT molecular complexity index is 511. The van der Waals surface area contributed by atoms with Gasteiger partial charge in [0, 0.05) is 18.0 Å². The number of thiazole rings is 1. The van der Waals surface area contributed by atoms with E-state index in [1.54, 1.807) is 6.20 Å². The van der Waals surface area contributed by atoms with Crippen LogP contribution in [0.5, 0.6) is 0 Å². The number of carbonyl (C=O) groups is 1. The first-order valence-corrected chi connectivity index (χ1v) is 5.44. The normalized spacial score (nSPS) is 10.3. The average molecular weight is 237 g/mol. The Morgan fingerprint density at radius 3 is 2.88 bits per heavy atom. The molecule has 0 aliphatic heterocycles. The van der Waals surface area contributed by atoms with Crippen LogP contribution in [0.25, 0.3) is 0 Å². The van der Waals surface area contributed by atoms with Crippen LogP contribution in [-0.4, -0.2) is 16.1 Å². The van der Waals surface area contributed by atoms with Gasteiger partial charge in [0.25, 0.3) is 0 Å². The Labute approximate surface area is 95.2 Å². The van der Waals surface area contributed by atoms with Crippen molar-refractivity contribution >= 4 is 17.3 Å². The maximum Gasteiger partial charge on any atom is 0.335 e. The molecule has 0 aliphatic carbocycles. The number of nitrogens with zero attached hydrogens (tertiary/aromatic N) is 1. The van der Waals surface area contributed by atoms with Gasteiger partial charge in [0.05, 0.1) is 10.6 Å². The second-order valence-electron chi connectivity index (χ2n) is 3.26. The highest BCUT2D eigenvalue weighted by Crippen LogP contribution is 2.15. The van der Waals surface area contributed by atoms with Crippen molar-refractivity contribution in [1.82, 2.24) is 4.98 Å². The molecule has 3 nitrogen and oxygen atoms in total. The molecule has 0 fully saturated rings. The van der Waals surface area contributed by atoms with E-state index in [4.69, 9.17) is 5.11 Å². The number of carboxylic acids is 1. The molecule has 0 unspecified atom stereocenters. The smallest absolute Gasteiger partial charge is 0.335 e. The first-order chi connectivity index (χ1) is 7.65. The number of benzene rings is 1. The van der Waals surface area contributed by atoms with Crippen molar-refractivity contribution in [2.45, 2.75) is 6.42 Å². The Balaban J connectivity index is 2.31. The fourth-order valence-electron chi connectivity index (χ4n) is 1.39. The molecule has 0 amide bonds. The first-order valence-electron chi connectivity index (χ1n) is 4.56. The third kappa shape index (κ3) is 2.43. The lowest BCUT2D eigenvalue weighted by Gasteiger charge is -2.01. The van der Waals surface area contributed by atoms with Gasteiger partial charge in [-0.3, -0.25) is 0 Å². The largest absolute Gasteiger partial charge is 0.478 e. The minimum atomic E-state index is -1.13. The summed E-state index contributed by atoms with van der Waals surface area (Å²) >= 11 is 1.46. The molecular weight excluding hydrogens is 229 g/mol. The quantitative estimate of drug-likeness (QED) is 0.892. The maximum atomic E-state index is 13.1. The molecule has 82 valence electrons. The summed E-state index contributed by atoms with van der Waals surface area (Å²) < 4.78 is 13.1. The average Bonchev–Trinajstić information content (AvgIpc) is 2.69. The molecule has 1 aromatic carbocycles. The molecule has 0 atom stereocenters. The summed E-state index contributed by atoms with van der Waals surface area (Å²) in [4.78, 5) is 14.8. The highest BCUT2D eigenvalue weighted by Gasteiger charge is 2.08. The van der Waals surface area contributed by atoms with Crippen LogP contribution >= 0.6 is 11.3 Å². The molecule has 0 saturated carbocycles. The molecule has 0 bridgehead atoms. The molecule has 1 aromatic heterocycles. The van der Waals surface area contributed by atoms with Crippen LogP contribution in [-0.2, 0) is 6.42 Å². The van der Waals surface area contributed by atoms with Crippen molar-refractivity contribution in [3.05, 3.63) is 51.7 Å². The van der Waals surface area contributed by atoms with Gasteiger partial charge < -0.3 is 5.11 Å². The third-order valence-corrected chi connectivity index (χ3v) is 2.82. The van der Waals surface area contributed by atoms with E-state index in [0.717, 1.165) is 11.1 Å². The number of halogens is 1. The van der Waals surface area contributed by atoms with Crippen LogP contribution in [0, 0.1) is 5.82 Å². The summed E-state index contributed by atoms with van der Waals surface area (Å²) in [6.45, 7) is 0. The van der Waals surface area contributed by atoms with Gasteiger partial charge in [0.15, 0.2) is 0 Å². The molecule has 0 aliphatic rings. The van der Waals surface area contributed by atoms with Crippen LogP contribution in [0.4, 0.5) is 4.39 Å². The lowest BCUT2D eigenvalue weighted by Crippen LogP contribution is -1.99. The van der Waals surface area contributed by atoms with Crippen molar-refractivity contribution in [2.24, 2.45) is 0 Å². The van der Waals surface area contributed by atoms with Gasteiger partial charge in [-0.1, -0.05) is 0 Å². The SMILES string of the molecule is O=C(O)c1cc(F)cc(Cc2nccs2)c1.